The molecule has 0 saturated heterocycles. The summed E-state index contributed by atoms with van der Waals surface area (Å²) in [6, 6.07) is 0. The average molecular weight is 423 g/mol. The van der Waals surface area contributed by atoms with Crippen LogP contribution >= 0.6 is 0 Å². The Balaban J connectivity index is 1.18. The van der Waals surface area contributed by atoms with Crippen molar-refractivity contribution in [3.05, 3.63) is 0 Å². The van der Waals surface area contributed by atoms with Gasteiger partial charge in [-0.1, -0.05) is 79.8 Å². The first kappa shape index (κ1) is 21.6. The van der Waals surface area contributed by atoms with Gasteiger partial charge in [-0.3, -0.25) is 0 Å². The first-order chi connectivity index (χ1) is 14.6. The van der Waals surface area contributed by atoms with Crippen LogP contribution in [0.15, 0.2) is 0 Å². The largest absolute Gasteiger partial charge is 0.140 e. The van der Waals surface area contributed by atoms with Gasteiger partial charge in [0.05, 0.1) is 0 Å². The van der Waals surface area contributed by atoms with Gasteiger partial charge in [0.2, 0.25) is 0 Å². The molecule has 0 aromatic heterocycles. The molecular formula is C30H51B. The van der Waals surface area contributed by atoms with Crippen molar-refractivity contribution in [3.63, 3.8) is 0 Å². The molecule has 9 atom stereocenters. The SMILES string of the molecule is CC1(C)[C@@H]2CC[C@H](CB(C[C@H]3CC[C@@H]4C[C@H]3C4(C)C)C[C@H]3CC[C@@H]4C[C@H]3C4(C)C)[C@H]1C2. The van der Waals surface area contributed by atoms with Gasteiger partial charge >= 0.3 is 0 Å². The molecule has 0 aromatic carbocycles. The third-order valence-electron chi connectivity index (χ3n) is 13.9. The van der Waals surface area contributed by atoms with E-state index in [1.807, 2.05) is 0 Å². The van der Waals surface area contributed by atoms with Gasteiger partial charge in [0.25, 0.3) is 0 Å². The molecular weight excluding hydrogens is 371 g/mol. The minimum Gasteiger partial charge on any atom is -0.0710 e. The number of hydrogen-bond donors (Lipinski definition) is 0. The van der Waals surface area contributed by atoms with E-state index >= 15 is 0 Å². The molecule has 0 N–H and O–H groups in total. The molecule has 0 amide bonds. The summed E-state index contributed by atoms with van der Waals surface area (Å²) in [5.41, 5.74) is 1.99. The molecule has 0 spiro atoms. The third-order valence-corrected chi connectivity index (χ3v) is 13.9. The van der Waals surface area contributed by atoms with Crippen LogP contribution in [-0.4, -0.2) is 6.71 Å². The lowest BCUT2D eigenvalue weighted by molar-refractivity contribution is -0.104. The molecule has 0 unspecified atom stereocenters. The Hall–Kier alpha value is 0.0649. The van der Waals surface area contributed by atoms with Crippen LogP contribution in [0, 0.1) is 69.5 Å². The van der Waals surface area contributed by atoms with E-state index in [4.69, 9.17) is 0 Å². The maximum absolute atomic E-state index is 2.61. The molecule has 0 aliphatic heterocycles. The maximum atomic E-state index is 2.61. The van der Waals surface area contributed by atoms with Crippen LogP contribution in [0.1, 0.15) is 99.3 Å². The Bertz CT molecular complexity index is 602. The quantitative estimate of drug-likeness (QED) is 0.376. The molecule has 9 aliphatic carbocycles. The molecule has 31 heavy (non-hydrogen) atoms. The smallest absolute Gasteiger partial charge is 0.0710 e. The third kappa shape index (κ3) is 3.12. The summed E-state index contributed by atoms with van der Waals surface area (Å²) in [5, 5.41) is 0. The van der Waals surface area contributed by atoms with E-state index in [-0.39, 0.29) is 0 Å². The van der Waals surface area contributed by atoms with Crippen molar-refractivity contribution < 1.29 is 0 Å². The van der Waals surface area contributed by atoms with Crippen LogP contribution in [0.2, 0.25) is 19.0 Å². The lowest BCUT2D eigenvalue weighted by Gasteiger charge is -2.62. The van der Waals surface area contributed by atoms with Crippen molar-refractivity contribution in [2.45, 2.75) is 118 Å². The van der Waals surface area contributed by atoms with Crippen LogP contribution in [0.4, 0.5) is 0 Å². The molecule has 1 heteroatoms. The van der Waals surface area contributed by atoms with Crippen LogP contribution in [-0.2, 0) is 0 Å². The molecule has 6 bridgehead atoms. The summed E-state index contributed by atoms with van der Waals surface area (Å²) in [6.07, 6.45) is 18.9. The predicted octanol–water partition coefficient (Wildman–Crippen LogP) is 8.70. The number of hydrogen-bond acceptors (Lipinski definition) is 0. The Morgan fingerprint density at radius 2 is 0.774 bits per heavy atom. The van der Waals surface area contributed by atoms with Gasteiger partial charge in [0.1, 0.15) is 6.71 Å². The fourth-order valence-corrected chi connectivity index (χ4v) is 11.3. The van der Waals surface area contributed by atoms with E-state index in [9.17, 15) is 0 Å². The Labute approximate surface area is 194 Å². The van der Waals surface area contributed by atoms with Crippen LogP contribution < -0.4 is 0 Å². The highest BCUT2D eigenvalue weighted by Crippen LogP contribution is 2.66. The molecule has 0 nitrogen and oxygen atoms in total. The second kappa shape index (κ2) is 7.04. The molecule has 9 saturated carbocycles. The molecule has 174 valence electrons. The fourth-order valence-electron chi connectivity index (χ4n) is 11.3. The fraction of sp³-hybridized carbons (Fsp3) is 1.00. The minimum absolute atomic E-state index is 0.662. The van der Waals surface area contributed by atoms with Crippen molar-refractivity contribution in [1.82, 2.24) is 0 Å². The highest BCUT2D eigenvalue weighted by Gasteiger charge is 2.58. The zero-order valence-electron chi connectivity index (χ0n) is 21.8. The van der Waals surface area contributed by atoms with E-state index in [1.165, 1.54) is 0 Å². The van der Waals surface area contributed by atoms with Gasteiger partial charge in [0.15, 0.2) is 0 Å². The summed E-state index contributed by atoms with van der Waals surface area (Å²) >= 11 is 0. The van der Waals surface area contributed by atoms with Gasteiger partial charge in [0, 0.05) is 0 Å². The minimum atomic E-state index is 0.662. The first-order valence-electron chi connectivity index (χ1n) is 14.6. The van der Waals surface area contributed by atoms with Gasteiger partial charge in [-0.2, -0.15) is 0 Å². The summed E-state index contributed by atoms with van der Waals surface area (Å²) in [7, 11) is 0. The lowest BCUT2D eigenvalue weighted by atomic mass is 9.30. The van der Waals surface area contributed by atoms with E-state index in [2.05, 4.69) is 41.5 Å². The average Bonchev–Trinajstić information content (AvgIpc) is 2.73. The lowest BCUT2D eigenvalue weighted by Crippen LogP contribution is -2.55. The molecule has 0 aromatic rings. The highest BCUT2D eigenvalue weighted by atomic mass is 14.6. The molecule has 9 aliphatic rings. The Kier molecular flexibility index (Phi) is 4.90. The highest BCUT2D eigenvalue weighted by molar-refractivity contribution is 6.59. The van der Waals surface area contributed by atoms with E-state index in [0.29, 0.717) is 16.2 Å². The second-order valence-corrected chi connectivity index (χ2v) is 15.7. The van der Waals surface area contributed by atoms with Crippen molar-refractivity contribution in [3.8, 4) is 0 Å². The monoisotopic (exact) mass is 422 g/mol. The zero-order valence-corrected chi connectivity index (χ0v) is 21.8. The van der Waals surface area contributed by atoms with Gasteiger partial charge in [-0.25, -0.2) is 0 Å². The van der Waals surface area contributed by atoms with E-state index < -0.39 is 0 Å². The summed E-state index contributed by atoms with van der Waals surface area (Å²) < 4.78 is 0. The standard InChI is InChI=1S/C30H51B/c1-28(2)22-10-7-19(25(28)13-22)16-31(17-20-8-11-23-14-26(20)29(23,3)4)18-21-9-12-24-15-27(21)30(24,5)6/h19-27H,7-18H2,1-6H3/t19-,20-,21-,22-,23-,24-,25-,26-,27-/m1/s1. The van der Waals surface area contributed by atoms with Crippen molar-refractivity contribution in [1.29, 1.82) is 0 Å². The van der Waals surface area contributed by atoms with Gasteiger partial charge < -0.3 is 0 Å². The Morgan fingerprint density at radius 3 is 1.00 bits per heavy atom. The van der Waals surface area contributed by atoms with Crippen molar-refractivity contribution in [2.24, 2.45) is 69.5 Å². The van der Waals surface area contributed by atoms with Gasteiger partial charge in [-0.15, -0.1) is 0 Å². The number of rotatable bonds is 6. The first-order valence-corrected chi connectivity index (χ1v) is 14.6. The molecule has 9 rings (SSSR count). The van der Waals surface area contributed by atoms with Crippen molar-refractivity contribution >= 4 is 6.71 Å². The molecule has 0 radical (unpaired) electrons. The Morgan fingerprint density at radius 1 is 0.484 bits per heavy atom. The van der Waals surface area contributed by atoms with Crippen LogP contribution in [0.5, 0.6) is 0 Å². The van der Waals surface area contributed by atoms with E-state index in [1.54, 1.807) is 76.7 Å². The van der Waals surface area contributed by atoms with Crippen molar-refractivity contribution in [2.75, 3.05) is 0 Å². The second-order valence-electron chi connectivity index (χ2n) is 15.7. The van der Waals surface area contributed by atoms with Crippen LogP contribution in [0.25, 0.3) is 0 Å². The molecule has 0 heterocycles. The molecule has 9 fully saturated rings. The normalized spacial score (nSPS) is 49.9. The van der Waals surface area contributed by atoms with E-state index in [0.717, 1.165) is 60.0 Å². The van der Waals surface area contributed by atoms with Gasteiger partial charge in [-0.05, 0) is 108 Å². The predicted molar refractivity (Wildman–Crippen MR) is 134 cm³/mol. The summed E-state index contributed by atoms with van der Waals surface area (Å²) in [4.78, 5) is 0. The summed E-state index contributed by atoms with van der Waals surface area (Å²) in [5.74, 6) is 9.52. The topological polar surface area (TPSA) is 0 Å². The maximum Gasteiger partial charge on any atom is 0.140 e. The zero-order chi connectivity index (χ0) is 21.8. The van der Waals surface area contributed by atoms with Crippen LogP contribution in [0.3, 0.4) is 0 Å². The summed E-state index contributed by atoms with van der Waals surface area (Å²) in [6.45, 7) is 16.7. The number of fused-ring (bicyclic) bond motifs is 6.